The summed E-state index contributed by atoms with van der Waals surface area (Å²) < 4.78 is 43.3. The first kappa shape index (κ1) is 20.3. The zero-order valence-corrected chi connectivity index (χ0v) is 16.8. The Hall–Kier alpha value is -3.01. The molecule has 0 radical (unpaired) electrons. The smallest absolute Gasteiger partial charge is 0.406 e. The predicted octanol–water partition coefficient (Wildman–Crippen LogP) is 4.46. The summed E-state index contributed by atoms with van der Waals surface area (Å²) in [4.78, 5) is 16.7. The Morgan fingerprint density at radius 2 is 2.07 bits per heavy atom. The lowest BCUT2D eigenvalue weighted by atomic mass is 9.98. The molecule has 0 fully saturated rings. The molecule has 1 aromatic carbocycles. The average Bonchev–Trinajstić information content (AvgIpc) is 2.88. The van der Waals surface area contributed by atoms with Gasteiger partial charge in [0.15, 0.2) is 0 Å². The van der Waals surface area contributed by atoms with E-state index in [9.17, 15) is 18.0 Å². The summed E-state index contributed by atoms with van der Waals surface area (Å²) in [7, 11) is 1.73. The van der Waals surface area contributed by atoms with Crippen LogP contribution in [0, 0.1) is 6.92 Å². The maximum absolute atomic E-state index is 12.6. The van der Waals surface area contributed by atoms with Gasteiger partial charge in [0.05, 0.1) is 16.7 Å². The van der Waals surface area contributed by atoms with E-state index in [1.54, 1.807) is 37.0 Å². The van der Waals surface area contributed by atoms with E-state index < -0.39 is 6.36 Å². The molecule has 30 heavy (non-hydrogen) atoms. The third-order valence-electron chi connectivity index (χ3n) is 4.65. The number of aromatic nitrogens is 3. The van der Waals surface area contributed by atoms with Crippen molar-refractivity contribution in [3.63, 3.8) is 0 Å². The molecule has 3 aromatic rings. The van der Waals surface area contributed by atoms with Crippen molar-refractivity contribution in [2.24, 2.45) is 7.05 Å². The van der Waals surface area contributed by atoms with E-state index in [0.29, 0.717) is 22.8 Å². The molecule has 0 saturated carbocycles. The Morgan fingerprint density at radius 3 is 2.73 bits per heavy atom. The number of fused-ring (bicyclic) bond motifs is 1. The van der Waals surface area contributed by atoms with Gasteiger partial charge in [-0.05, 0) is 42.3 Å². The molecule has 0 aliphatic carbocycles. The highest BCUT2D eigenvalue weighted by molar-refractivity contribution is 8.00. The molecule has 0 bridgehead atoms. The van der Waals surface area contributed by atoms with E-state index in [4.69, 9.17) is 0 Å². The van der Waals surface area contributed by atoms with E-state index in [0.717, 1.165) is 11.1 Å². The lowest BCUT2D eigenvalue weighted by Crippen LogP contribution is -2.17. The summed E-state index contributed by atoms with van der Waals surface area (Å²) in [5, 5.41) is 7.12. The fraction of sp³-hybridized carbons (Fsp3) is 0.250. The molecule has 1 aliphatic heterocycles. The van der Waals surface area contributed by atoms with Gasteiger partial charge in [-0.3, -0.25) is 14.5 Å². The van der Waals surface area contributed by atoms with E-state index in [-0.39, 0.29) is 22.7 Å². The van der Waals surface area contributed by atoms with Gasteiger partial charge in [0.25, 0.3) is 0 Å². The van der Waals surface area contributed by atoms with Crippen molar-refractivity contribution >= 4 is 23.5 Å². The number of benzene rings is 1. The number of hydrogen-bond donors (Lipinski definition) is 1. The van der Waals surface area contributed by atoms with Gasteiger partial charge in [-0.1, -0.05) is 12.1 Å². The number of aryl methyl sites for hydroxylation is 2. The minimum absolute atomic E-state index is 0.172. The number of thioether (sulfide) groups is 1. The molecule has 2 aromatic heterocycles. The fourth-order valence-corrected chi connectivity index (χ4v) is 4.65. The van der Waals surface area contributed by atoms with E-state index >= 15 is 0 Å². The topological polar surface area (TPSA) is 69.0 Å². The van der Waals surface area contributed by atoms with Gasteiger partial charge in [-0.25, -0.2) is 0 Å². The second-order valence-electron chi connectivity index (χ2n) is 6.75. The van der Waals surface area contributed by atoms with Gasteiger partial charge < -0.3 is 10.1 Å². The summed E-state index contributed by atoms with van der Waals surface area (Å²) in [5.74, 6) is 0.286. The maximum atomic E-state index is 12.6. The van der Waals surface area contributed by atoms with Crippen LogP contribution < -0.4 is 10.1 Å². The molecule has 1 amide bonds. The Labute approximate surface area is 174 Å². The third-order valence-corrected chi connectivity index (χ3v) is 5.90. The van der Waals surface area contributed by atoms with Gasteiger partial charge in [-0.15, -0.1) is 24.9 Å². The van der Waals surface area contributed by atoms with Gasteiger partial charge >= 0.3 is 6.36 Å². The molecule has 156 valence electrons. The van der Waals surface area contributed by atoms with E-state index in [2.05, 4.69) is 20.1 Å². The van der Waals surface area contributed by atoms with Crippen LogP contribution in [-0.2, 0) is 11.8 Å². The predicted molar refractivity (Wildman–Crippen MR) is 107 cm³/mol. The molecule has 0 saturated heterocycles. The Morgan fingerprint density at radius 1 is 1.27 bits per heavy atom. The number of carbonyl (C=O) groups is 1. The molecule has 1 atom stereocenters. The standard InChI is InChI=1S/C20H17F3N4O2S/c1-11-9-12(29-20(21,22)23)6-7-13(11)18-16-17(14-5-3-4-8-24-14)26-27(2)19(16)25-15(28)10-30-18/h3-9,18H,10H2,1-2H3,(H,25,28). The van der Waals surface area contributed by atoms with Gasteiger partial charge in [0, 0.05) is 18.8 Å². The first-order valence-corrected chi connectivity index (χ1v) is 10.0. The fourth-order valence-electron chi connectivity index (χ4n) is 3.42. The number of carbonyl (C=O) groups excluding carboxylic acids is 1. The first-order valence-electron chi connectivity index (χ1n) is 8.99. The summed E-state index contributed by atoms with van der Waals surface area (Å²) in [6.07, 6.45) is -3.10. The van der Waals surface area contributed by atoms with Crippen LogP contribution in [-0.4, -0.2) is 32.8 Å². The number of nitrogens with one attached hydrogen (secondary N) is 1. The highest BCUT2D eigenvalue weighted by Gasteiger charge is 2.34. The van der Waals surface area contributed by atoms with Crippen molar-refractivity contribution in [2.45, 2.75) is 18.5 Å². The first-order chi connectivity index (χ1) is 14.2. The molecule has 1 aliphatic rings. The quantitative estimate of drug-likeness (QED) is 0.659. The number of nitrogens with zero attached hydrogens (tertiary/aromatic N) is 3. The molecule has 4 rings (SSSR count). The van der Waals surface area contributed by atoms with Crippen molar-refractivity contribution in [2.75, 3.05) is 11.1 Å². The van der Waals surface area contributed by atoms with Crippen molar-refractivity contribution in [3.8, 4) is 17.1 Å². The highest BCUT2D eigenvalue weighted by Crippen LogP contribution is 2.46. The van der Waals surface area contributed by atoms with E-state index in [1.165, 1.54) is 23.9 Å². The molecular weight excluding hydrogens is 417 g/mol. The Balaban J connectivity index is 1.84. The Kier molecular flexibility index (Phi) is 5.19. The van der Waals surface area contributed by atoms with Crippen LogP contribution in [0.4, 0.5) is 19.0 Å². The number of alkyl halides is 3. The van der Waals surface area contributed by atoms with Crippen LogP contribution in [0.3, 0.4) is 0 Å². The van der Waals surface area contributed by atoms with Crippen LogP contribution in [0.15, 0.2) is 42.6 Å². The monoisotopic (exact) mass is 434 g/mol. The number of halogens is 3. The number of pyridine rings is 1. The SMILES string of the molecule is Cc1cc(OC(F)(F)F)ccc1C1SCC(=O)Nc2c1c(-c1ccccn1)nn2C. The minimum atomic E-state index is -4.76. The summed E-state index contributed by atoms with van der Waals surface area (Å²) in [6.45, 7) is 1.72. The number of hydrogen-bond acceptors (Lipinski definition) is 5. The summed E-state index contributed by atoms with van der Waals surface area (Å²) >= 11 is 1.39. The number of anilines is 1. The van der Waals surface area contributed by atoms with Crippen LogP contribution in [0.5, 0.6) is 5.75 Å². The second-order valence-corrected chi connectivity index (χ2v) is 7.85. The number of rotatable bonds is 3. The molecule has 3 heterocycles. The highest BCUT2D eigenvalue weighted by atomic mass is 32.2. The van der Waals surface area contributed by atoms with Crippen molar-refractivity contribution in [3.05, 3.63) is 59.3 Å². The maximum Gasteiger partial charge on any atom is 0.573 e. The lowest BCUT2D eigenvalue weighted by molar-refractivity contribution is -0.274. The molecular formula is C20H17F3N4O2S. The van der Waals surface area contributed by atoms with Crippen molar-refractivity contribution in [1.29, 1.82) is 0 Å². The van der Waals surface area contributed by atoms with Gasteiger partial charge in [-0.2, -0.15) is 5.10 Å². The summed E-state index contributed by atoms with van der Waals surface area (Å²) in [5.41, 5.74) is 3.41. The molecule has 6 nitrogen and oxygen atoms in total. The zero-order chi connectivity index (χ0) is 21.5. The van der Waals surface area contributed by atoms with Crippen LogP contribution in [0.1, 0.15) is 21.9 Å². The van der Waals surface area contributed by atoms with Gasteiger partial charge in [0.2, 0.25) is 5.91 Å². The number of amides is 1. The average molecular weight is 434 g/mol. The lowest BCUT2D eigenvalue weighted by Gasteiger charge is -2.19. The van der Waals surface area contributed by atoms with Crippen molar-refractivity contribution in [1.82, 2.24) is 14.8 Å². The molecule has 0 spiro atoms. The van der Waals surface area contributed by atoms with E-state index in [1.807, 2.05) is 12.1 Å². The molecule has 10 heteroatoms. The van der Waals surface area contributed by atoms with Gasteiger partial charge in [0.1, 0.15) is 17.3 Å². The summed E-state index contributed by atoms with van der Waals surface area (Å²) in [6, 6.07) is 9.69. The van der Waals surface area contributed by atoms with Crippen LogP contribution in [0.2, 0.25) is 0 Å². The normalized spacial score (nSPS) is 16.6. The zero-order valence-electron chi connectivity index (χ0n) is 16.0. The largest absolute Gasteiger partial charge is 0.573 e. The molecule has 1 N–H and O–H groups in total. The second kappa shape index (κ2) is 7.67. The molecule has 1 unspecified atom stereocenters. The van der Waals surface area contributed by atoms with Crippen molar-refractivity contribution < 1.29 is 22.7 Å². The Bertz CT molecular complexity index is 1100. The minimum Gasteiger partial charge on any atom is -0.406 e. The third kappa shape index (κ3) is 4.00. The number of ether oxygens (including phenoxy) is 1. The van der Waals surface area contributed by atoms with Crippen LogP contribution in [0.25, 0.3) is 11.4 Å². The van der Waals surface area contributed by atoms with Crippen LogP contribution >= 0.6 is 11.8 Å².